The molecule has 9 nitrogen and oxygen atoms in total. The van der Waals surface area contributed by atoms with Gasteiger partial charge in [0, 0.05) is 26.1 Å². The summed E-state index contributed by atoms with van der Waals surface area (Å²) in [7, 11) is 1.64. The highest BCUT2D eigenvalue weighted by atomic mass is 19.1. The summed E-state index contributed by atoms with van der Waals surface area (Å²) in [6, 6.07) is 10.1. The van der Waals surface area contributed by atoms with E-state index in [2.05, 4.69) is 20.5 Å². The Labute approximate surface area is 171 Å². The third-order valence-corrected chi connectivity index (χ3v) is 5.65. The summed E-state index contributed by atoms with van der Waals surface area (Å²) in [6.07, 6.45) is 0.950. The number of amides is 2. The minimum absolute atomic E-state index is 0.134. The molecule has 1 N–H and O–H groups in total. The molecule has 0 aliphatic carbocycles. The zero-order valence-electron chi connectivity index (χ0n) is 16.3. The van der Waals surface area contributed by atoms with E-state index in [9.17, 15) is 14.0 Å². The SMILES string of the molecule is CN1C(=O)[C@@H](NC(=O)c2nc3n(n2)[C@H](c2ccccc2)C[C@@H]3F)CCn2nccc21. The number of nitrogens with zero attached hydrogens (tertiary/aromatic N) is 6. The summed E-state index contributed by atoms with van der Waals surface area (Å²) in [4.78, 5) is 31.1. The fourth-order valence-electron chi connectivity index (χ4n) is 4.09. The lowest BCUT2D eigenvalue weighted by Crippen LogP contribution is -2.47. The molecule has 30 heavy (non-hydrogen) atoms. The predicted molar refractivity (Wildman–Crippen MR) is 105 cm³/mol. The number of aryl methyl sites for hydroxylation is 1. The lowest BCUT2D eigenvalue weighted by atomic mass is 10.0. The van der Waals surface area contributed by atoms with Crippen molar-refractivity contribution in [1.82, 2.24) is 29.9 Å². The average molecular weight is 409 g/mol. The zero-order valence-corrected chi connectivity index (χ0v) is 16.3. The van der Waals surface area contributed by atoms with Crippen molar-refractivity contribution in [3.63, 3.8) is 0 Å². The Bertz CT molecular complexity index is 1110. The zero-order chi connectivity index (χ0) is 20.8. The van der Waals surface area contributed by atoms with Crippen LogP contribution in [-0.2, 0) is 11.3 Å². The van der Waals surface area contributed by atoms with Crippen molar-refractivity contribution in [2.45, 2.75) is 37.6 Å². The van der Waals surface area contributed by atoms with Crippen LogP contribution in [0, 0.1) is 0 Å². The summed E-state index contributed by atoms with van der Waals surface area (Å²) in [5.41, 5.74) is 0.908. The van der Waals surface area contributed by atoms with Crippen LogP contribution in [0.3, 0.4) is 0 Å². The van der Waals surface area contributed by atoms with E-state index < -0.39 is 18.1 Å². The van der Waals surface area contributed by atoms with E-state index in [4.69, 9.17) is 0 Å². The van der Waals surface area contributed by atoms with Crippen LogP contribution in [0.4, 0.5) is 10.2 Å². The molecule has 0 saturated heterocycles. The summed E-state index contributed by atoms with van der Waals surface area (Å²) >= 11 is 0. The Morgan fingerprint density at radius 1 is 1.23 bits per heavy atom. The molecule has 2 amide bonds. The quantitative estimate of drug-likeness (QED) is 0.709. The van der Waals surface area contributed by atoms with Crippen LogP contribution in [-0.4, -0.2) is 49.4 Å². The number of hydrogen-bond acceptors (Lipinski definition) is 5. The Hall–Kier alpha value is -3.56. The van der Waals surface area contributed by atoms with Gasteiger partial charge in [-0.2, -0.15) is 5.10 Å². The number of carbonyl (C=O) groups excluding carboxylic acids is 2. The summed E-state index contributed by atoms with van der Waals surface area (Å²) in [5, 5.41) is 11.2. The first-order chi connectivity index (χ1) is 14.5. The molecule has 3 atom stereocenters. The molecule has 5 rings (SSSR count). The minimum atomic E-state index is -1.30. The highest BCUT2D eigenvalue weighted by Gasteiger charge is 2.37. The molecule has 0 bridgehead atoms. The van der Waals surface area contributed by atoms with Gasteiger partial charge >= 0.3 is 0 Å². The average Bonchev–Trinajstić information content (AvgIpc) is 3.45. The highest BCUT2D eigenvalue weighted by molar-refractivity contribution is 6.00. The van der Waals surface area contributed by atoms with Crippen LogP contribution in [0.15, 0.2) is 42.6 Å². The van der Waals surface area contributed by atoms with Gasteiger partial charge in [-0.3, -0.25) is 14.5 Å². The molecule has 0 saturated carbocycles. The van der Waals surface area contributed by atoms with Gasteiger partial charge in [-0.05, 0) is 12.0 Å². The van der Waals surface area contributed by atoms with Crippen molar-refractivity contribution >= 4 is 17.6 Å². The number of benzene rings is 1. The van der Waals surface area contributed by atoms with Crippen LogP contribution >= 0.6 is 0 Å². The number of aromatic nitrogens is 5. The summed E-state index contributed by atoms with van der Waals surface area (Å²) in [5.74, 6) is -0.173. The first-order valence-electron chi connectivity index (χ1n) is 9.78. The molecule has 1 aromatic carbocycles. The third-order valence-electron chi connectivity index (χ3n) is 5.65. The van der Waals surface area contributed by atoms with Gasteiger partial charge in [-0.1, -0.05) is 30.3 Å². The van der Waals surface area contributed by atoms with Crippen molar-refractivity contribution in [2.75, 3.05) is 11.9 Å². The fourth-order valence-corrected chi connectivity index (χ4v) is 4.09. The molecule has 0 radical (unpaired) electrons. The van der Waals surface area contributed by atoms with E-state index in [0.717, 1.165) is 5.56 Å². The molecule has 0 fully saturated rings. The largest absolute Gasteiger partial charge is 0.337 e. The molecular weight excluding hydrogens is 389 g/mol. The Morgan fingerprint density at radius 2 is 2.03 bits per heavy atom. The first kappa shape index (κ1) is 18.5. The number of anilines is 1. The third kappa shape index (κ3) is 2.95. The monoisotopic (exact) mass is 409 g/mol. The lowest BCUT2D eigenvalue weighted by molar-refractivity contribution is -0.120. The first-order valence-corrected chi connectivity index (χ1v) is 9.78. The van der Waals surface area contributed by atoms with Gasteiger partial charge < -0.3 is 5.32 Å². The molecular formula is C20H20FN7O2. The molecule has 10 heteroatoms. The second kappa shape index (κ2) is 7.05. The van der Waals surface area contributed by atoms with Crippen molar-refractivity contribution in [3.8, 4) is 0 Å². The fraction of sp³-hybridized carbons (Fsp3) is 0.350. The van der Waals surface area contributed by atoms with Crippen LogP contribution in [0.2, 0.25) is 0 Å². The van der Waals surface area contributed by atoms with E-state index >= 15 is 0 Å². The maximum atomic E-state index is 14.5. The van der Waals surface area contributed by atoms with Gasteiger partial charge in [0.15, 0.2) is 12.0 Å². The number of hydrogen-bond donors (Lipinski definition) is 1. The molecule has 2 aliphatic heterocycles. The van der Waals surface area contributed by atoms with Gasteiger partial charge in [0.2, 0.25) is 5.82 Å². The molecule has 154 valence electrons. The number of halogens is 1. The molecule has 2 aromatic heterocycles. The van der Waals surface area contributed by atoms with Gasteiger partial charge in [-0.25, -0.2) is 18.7 Å². The van der Waals surface area contributed by atoms with E-state index in [1.807, 2.05) is 30.3 Å². The van der Waals surface area contributed by atoms with E-state index in [-0.39, 0.29) is 30.0 Å². The number of rotatable bonds is 3. The van der Waals surface area contributed by atoms with E-state index in [1.54, 1.807) is 24.0 Å². The molecule has 0 unspecified atom stereocenters. The summed E-state index contributed by atoms with van der Waals surface area (Å²) < 4.78 is 17.7. The van der Waals surface area contributed by atoms with Gasteiger partial charge in [0.25, 0.3) is 11.8 Å². The Kier molecular flexibility index (Phi) is 4.34. The standard InChI is InChI=1S/C20H20FN7O2/c1-26-16-7-9-22-27(16)10-8-14(20(26)30)23-19(29)17-24-18-13(21)11-15(28(18)25-17)12-5-3-2-4-6-12/h2-7,9,13-15H,8,10-11H2,1H3,(H,23,29)/t13-,14-,15-/m0/s1. The molecule has 2 aliphatic rings. The Morgan fingerprint density at radius 3 is 2.83 bits per heavy atom. The smallest absolute Gasteiger partial charge is 0.291 e. The second-order valence-electron chi connectivity index (χ2n) is 7.49. The van der Waals surface area contributed by atoms with Gasteiger partial charge in [0.1, 0.15) is 11.9 Å². The highest BCUT2D eigenvalue weighted by Crippen LogP contribution is 2.39. The van der Waals surface area contributed by atoms with E-state index in [0.29, 0.717) is 18.8 Å². The van der Waals surface area contributed by atoms with Crippen molar-refractivity contribution in [1.29, 1.82) is 0 Å². The number of carbonyl (C=O) groups is 2. The number of nitrogens with one attached hydrogen (secondary N) is 1. The van der Waals surface area contributed by atoms with Crippen LogP contribution in [0.25, 0.3) is 0 Å². The normalized spacial score (nSPS) is 23.1. The maximum absolute atomic E-state index is 14.5. The molecule has 3 aromatic rings. The maximum Gasteiger partial charge on any atom is 0.291 e. The number of likely N-dealkylation sites (N-methyl/N-ethyl adjacent to an activating group) is 1. The van der Waals surface area contributed by atoms with Crippen molar-refractivity contribution in [2.24, 2.45) is 0 Å². The predicted octanol–water partition coefficient (Wildman–Crippen LogP) is 1.64. The molecule has 4 heterocycles. The second-order valence-corrected chi connectivity index (χ2v) is 7.49. The van der Waals surface area contributed by atoms with Crippen molar-refractivity contribution in [3.05, 3.63) is 59.8 Å². The van der Waals surface area contributed by atoms with E-state index in [1.165, 1.54) is 9.58 Å². The van der Waals surface area contributed by atoms with Crippen molar-refractivity contribution < 1.29 is 14.0 Å². The van der Waals surface area contributed by atoms with Crippen LogP contribution in [0.5, 0.6) is 0 Å². The Balaban J connectivity index is 1.36. The van der Waals surface area contributed by atoms with Gasteiger partial charge in [-0.15, -0.1) is 5.10 Å². The van der Waals surface area contributed by atoms with Crippen LogP contribution < -0.4 is 10.2 Å². The minimum Gasteiger partial charge on any atom is -0.337 e. The topological polar surface area (TPSA) is 97.9 Å². The van der Waals surface area contributed by atoms with Crippen LogP contribution in [0.1, 0.15) is 47.1 Å². The lowest BCUT2D eigenvalue weighted by Gasteiger charge is -2.19. The number of alkyl halides is 1. The molecule has 0 spiro atoms. The summed E-state index contributed by atoms with van der Waals surface area (Å²) in [6.45, 7) is 0.485. The van der Waals surface area contributed by atoms with Gasteiger partial charge in [0.05, 0.1) is 12.2 Å². The number of fused-ring (bicyclic) bond motifs is 2.